The molecule has 1 unspecified atom stereocenters. The Hall–Kier alpha value is -1.55. The van der Waals surface area contributed by atoms with Gasteiger partial charge in [-0.3, -0.25) is 4.79 Å². The molecule has 0 amide bonds. The average Bonchev–Trinajstić information content (AvgIpc) is 2.25. The summed E-state index contributed by atoms with van der Waals surface area (Å²) < 4.78 is 5.27. The molecular weight excluding hydrogens is 218 g/mol. The molecule has 1 rings (SSSR count). The number of carboxylic acids is 1. The largest absolute Gasteiger partial charge is 0.496 e. The fourth-order valence-corrected chi connectivity index (χ4v) is 2.04. The highest BCUT2D eigenvalue weighted by molar-refractivity contribution is 5.70. The summed E-state index contributed by atoms with van der Waals surface area (Å²) in [7, 11) is 1.63. The van der Waals surface area contributed by atoms with Gasteiger partial charge in [0.15, 0.2) is 0 Å². The molecule has 4 heteroatoms. The summed E-state index contributed by atoms with van der Waals surface area (Å²) in [5, 5.41) is 8.97. The van der Waals surface area contributed by atoms with E-state index in [1.54, 1.807) is 7.11 Å². The quantitative estimate of drug-likeness (QED) is 0.814. The first kappa shape index (κ1) is 13.5. The third kappa shape index (κ3) is 3.20. The van der Waals surface area contributed by atoms with E-state index in [1.165, 1.54) is 0 Å². The molecule has 4 nitrogen and oxygen atoms in total. The summed E-state index contributed by atoms with van der Waals surface area (Å²) in [6.07, 6.45) is 0.456. The van der Waals surface area contributed by atoms with Crippen molar-refractivity contribution < 1.29 is 14.6 Å². The molecule has 0 heterocycles. The molecule has 0 aromatic heterocycles. The van der Waals surface area contributed by atoms with Crippen molar-refractivity contribution in [2.45, 2.75) is 20.3 Å². The Morgan fingerprint density at radius 2 is 1.94 bits per heavy atom. The molecule has 0 saturated heterocycles. The lowest BCUT2D eigenvalue weighted by atomic mass is 9.96. The van der Waals surface area contributed by atoms with Gasteiger partial charge in [0, 0.05) is 6.54 Å². The van der Waals surface area contributed by atoms with Crippen molar-refractivity contribution in [1.29, 1.82) is 0 Å². The number of rotatable bonds is 5. The number of carbonyl (C=O) groups is 1. The molecule has 0 radical (unpaired) electrons. The van der Waals surface area contributed by atoms with Crippen LogP contribution in [0, 0.1) is 19.8 Å². The van der Waals surface area contributed by atoms with Crippen molar-refractivity contribution >= 4 is 5.97 Å². The summed E-state index contributed by atoms with van der Waals surface area (Å²) in [5.74, 6) is -0.519. The first-order chi connectivity index (χ1) is 7.99. The van der Waals surface area contributed by atoms with Crippen LogP contribution in [0.15, 0.2) is 12.1 Å². The number of hydrogen-bond donors (Lipinski definition) is 2. The van der Waals surface area contributed by atoms with E-state index < -0.39 is 11.9 Å². The van der Waals surface area contributed by atoms with Crippen molar-refractivity contribution in [2.75, 3.05) is 13.7 Å². The number of benzene rings is 1. The first-order valence-electron chi connectivity index (χ1n) is 5.56. The number of methoxy groups -OCH3 is 1. The Kier molecular flexibility index (Phi) is 4.52. The molecular formula is C13H19NO3. The van der Waals surface area contributed by atoms with Gasteiger partial charge in [0.2, 0.25) is 0 Å². The van der Waals surface area contributed by atoms with Crippen LogP contribution in [0.2, 0.25) is 0 Å². The molecule has 1 aromatic carbocycles. The van der Waals surface area contributed by atoms with E-state index in [1.807, 2.05) is 26.0 Å². The molecule has 94 valence electrons. The van der Waals surface area contributed by atoms with Gasteiger partial charge in [-0.25, -0.2) is 0 Å². The van der Waals surface area contributed by atoms with Crippen molar-refractivity contribution in [3.63, 3.8) is 0 Å². The normalized spacial score (nSPS) is 12.2. The third-order valence-corrected chi connectivity index (χ3v) is 2.84. The SMILES string of the molecule is COc1c(C)cc(CC(CN)C(=O)O)cc1C. The summed E-state index contributed by atoms with van der Waals surface area (Å²) in [4.78, 5) is 10.9. The second-order valence-electron chi connectivity index (χ2n) is 4.24. The van der Waals surface area contributed by atoms with Gasteiger partial charge in [0.05, 0.1) is 13.0 Å². The number of aliphatic carboxylic acids is 1. The summed E-state index contributed by atoms with van der Waals surface area (Å²) in [5.41, 5.74) is 8.47. The summed E-state index contributed by atoms with van der Waals surface area (Å²) in [6, 6.07) is 3.91. The molecule has 0 saturated carbocycles. The third-order valence-electron chi connectivity index (χ3n) is 2.84. The molecule has 0 aliphatic carbocycles. The van der Waals surface area contributed by atoms with Crippen LogP contribution in [0.25, 0.3) is 0 Å². The van der Waals surface area contributed by atoms with E-state index in [-0.39, 0.29) is 6.54 Å². The van der Waals surface area contributed by atoms with Gasteiger partial charge in [0.25, 0.3) is 0 Å². The van der Waals surface area contributed by atoms with Gasteiger partial charge in [-0.2, -0.15) is 0 Å². The highest BCUT2D eigenvalue weighted by atomic mass is 16.5. The van der Waals surface area contributed by atoms with E-state index in [9.17, 15) is 4.79 Å². The smallest absolute Gasteiger partial charge is 0.308 e. The van der Waals surface area contributed by atoms with Gasteiger partial charge < -0.3 is 15.6 Å². The minimum absolute atomic E-state index is 0.152. The second-order valence-corrected chi connectivity index (χ2v) is 4.24. The summed E-state index contributed by atoms with van der Waals surface area (Å²) in [6.45, 7) is 4.06. The van der Waals surface area contributed by atoms with E-state index in [4.69, 9.17) is 15.6 Å². The van der Waals surface area contributed by atoms with Gasteiger partial charge in [0.1, 0.15) is 5.75 Å². The zero-order valence-corrected chi connectivity index (χ0v) is 10.5. The number of carboxylic acid groups (broad SMARTS) is 1. The molecule has 3 N–H and O–H groups in total. The van der Waals surface area contributed by atoms with E-state index in [0.717, 1.165) is 22.4 Å². The predicted molar refractivity (Wildman–Crippen MR) is 66.4 cm³/mol. The number of aryl methyl sites for hydroxylation is 2. The molecule has 0 aliphatic rings. The summed E-state index contributed by atoms with van der Waals surface area (Å²) >= 11 is 0. The maximum atomic E-state index is 10.9. The van der Waals surface area contributed by atoms with E-state index >= 15 is 0 Å². The van der Waals surface area contributed by atoms with Crippen LogP contribution in [-0.2, 0) is 11.2 Å². The van der Waals surface area contributed by atoms with Crippen LogP contribution in [0.3, 0.4) is 0 Å². The van der Waals surface area contributed by atoms with Crippen molar-refractivity contribution in [3.05, 3.63) is 28.8 Å². The molecule has 0 spiro atoms. The van der Waals surface area contributed by atoms with Crippen molar-refractivity contribution in [2.24, 2.45) is 11.7 Å². The van der Waals surface area contributed by atoms with Gasteiger partial charge in [-0.15, -0.1) is 0 Å². The maximum absolute atomic E-state index is 10.9. The lowest BCUT2D eigenvalue weighted by Crippen LogP contribution is -2.25. The van der Waals surface area contributed by atoms with Gasteiger partial charge in [-0.1, -0.05) is 12.1 Å². The topological polar surface area (TPSA) is 72.5 Å². The lowest BCUT2D eigenvalue weighted by molar-refractivity contribution is -0.141. The Morgan fingerprint density at radius 1 is 1.41 bits per heavy atom. The molecule has 0 fully saturated rings. The number of ether oxygens (including phenoxy) is 1. The molecule has 1 aromatic rings. The lowest BCUT2D eigenvalue weighted by Gasteiger charge is -2.14. The molecule has 0 aliphatic heterocycles. The fourth-order valence-electron chi connectivity index (χ4n) is 2.04. The van der Waals surface area contributed by atoms with Crippen LogP contribution < -0.4 is 10.5 Å². The van der Waals surface area contributed by atoms with Crippen LogP contribution in [-0.4, -0.2) is 24.7 Å². The first-order valence-corrected chi connectivity index (χ1v) is 5.56. The van der Waals surface area contributed by atoms with Crippen LogP contribution in [0.4, 0.5) is 0 Å². The maximum Gasteiger partial charge on any atom is 0.308 e. The highest BCUT2D eigenvalue weighted by Crippen LogP contribution is 2.25. The Labute approximate surface area is 101 Å². The number of nitrogens with two attached hydrogens (primary N) is 1. The average molecular weight is 237 g/mol. The Morgan fingerprint density at radius 3 is 2.29 bits per heavy atom. The molecule has 0 bridgehead atoms. The highest BCUT2D eigenvalue weighted by Gasteiger charge is 2.17. The van der Waals surface area contributed by atoms with Crippen molar-refractivity contribution in [3.8, 4) is 5.75 Å². The van der Waals surface area contributed by atoms with Crippen LogP contribution >= 0.6 is 0 Å². The molecule has 1 atom stereocenters. The standard InChI is InChI=1S/C13H19NO3/c1-8-4-10(5-9(2)12(8)17-3)6-11(7-14)13(15)16/h4-5,11H,6-7,14H2,1-3H3,(H,15,16). The Bertz CT molecular complexity index is 392. The predicted octanol–water partition coefficient (Wildman–Crippen LogP) is 1.51. The van der Waals surface area contributed by atoms with Crippen molar-refractivity contribution in [1.82, 2.24) is 0 Å². The van der Waals surface area contributed by atoms with E-state index in [0.29, 0.717) is 6.42 Å². The zero-order chi connectivity index (χ0) is 13.0. The fraction of sp³-hybridized carbons (Fsp3) is 0.462. The van der Waals surface area contributed by atoms with Gasteiger partial charge in [-0.05, 0) is 37.0 Å². The van der Waals surface area contributed by atoms with E-state index in [2.05, 4.69) is 0 Å². The van der Waals surface area contributed by atoms with Crippen LogP contribution in [0.1, 0.15) is 16.7 Å². The monoisotopic (exact) mass is 237 g/mol. The van der Waals surface area contributed by atoms with Gasteiger partial charge >= 0.3 is 5.97 Å². The zero-order valence-electron chi connectivity index (χ0n) is 10.5. The second kappa shape index (κ2) is 5.68. The minimum Gasteiger partial charge on any atom is -0.496 e. The number of hydrogen-bond acceptors (Lipinski definition) is 3. The Balaban J connectivity index is 2.97. The van der Waals surface area contributed by atoms with Crippen LogP contribution in [0.5, 0.6) is 5.75 Å². The molecule has 17 heavy (non-hydrogen) atoms. The minimum atomic E-state index is -0.848.